The summed E-state index contributed by atoms with van der Waals surface area (Å²) in [6, 6.07) is 7.10. The summed E-state index contributed by atoms with van der Waals surface area (Å²) in [7, 11) is -3.93. The van der Waals surface area contributed by atoms with E-state index in [2.05, 4.69) is 16.1 Å². The Bertz CT molecular complexity index is 1040. The van der Waals surface area contributed by atoms with Gasteiger partial charge < -0.3 is 10.1 Å². The van der Waals surface area contributed by atoms with Crippen molar-refractivity contribution in [3.05, 3.63) is 57.6 Å². The summed E-state index contributed by atoms with van der Waals surface area (Å²) in [4.78, 5) is 12.6. The van der Waals surface area contributed by atoms with E-state index in [4.69, 9.17) is 16.3 Å². The second-order valence-electron chi connectivity index (χ2n) is 7.39. The van der Waals surface area contributed by atoms with Gasteiger partial charge in [0.05, 0.1) is 28.6 Å². The lowest BCUT2D eigenvalue weighted by molar-refractivity contribution is -0.123. The predicted molar refractivity (Wildman–Crippen MR) is 120 cm³/mol. The highest BCUT2D eigenvalue weighted by Gasteiger charge is 2.24. The molecule has 30 heavy (non-hydrogen) atoms. The highest BCUT2D eigenvalue weighted by Crippen LogP contribution is 2.27. The van der Waals surface area contributed by atoms with Gasteiger partial charge in [0.15, 0.2) is 0 Å². The van der Waals surface area contributed by atoms with Crippen LogP contribution in [0, 0.1) is 20.8 Å². The van der Waals surface area contributed by atoms with Crippen LogP contribution in [0.2, 0.25) is 5.02 Å². The van der Waals surface area contributed by atoms with E-state index in [9.17, 15) is 13.2 Å². The van der Waals surface area contributed by atoms with Gasteiger partial charge in [-0.25, -0.2) is 8.42 Å². The molecule has 0 aliphatic heterocycles. The van der Waals surface area contributed by atoms with E-state index in [1.807, 2.05) is 40.7 Å². The molecule has 2 atom stereocenters. The molecule has 2 unspecified atom stereocenters. The van der Waals surface area contributed by atoms with Gasteiger partial charge in [-0.3, -0.25) is 4.79 Å². The first kappa shape index (κ1) is 24.2. The molecule has 2 aromatic carbocycles. The van der Waals surface area contributed by atoms with Crippen LogP contribution in [-0.2, 0) is 14.8 Å². The quantitative estimate of drug-likeness (QED) is 0.628. The topological polar surface area (TPSA) is 84.5 Å². The van der Waals surface area contributed by atoms with Gasteiger partial charge in [0.2, 0.25) is 15.9 Å². The van der Waals surface area contributed by atoms with Gasteiger partial charge in [-0.05, 0) is 82.0 Å². The lowest BCUT2D eigenvalue weighted by Crippen LogP contribution is -2.45. The minimum absolute atomic E-state index is 0.0337. The number of hydrogen-bond acceptors (Lipinski definition) is 4. The Labute approximate surface area is 184 Å². The maximum Gasteiger partial charge on any atom is 0.241 e. The summed E-state index contributed by atoms with van der Waals surface area (Å²) in [6.07, 6.45) is 0. The number of rotatable bonds is 8. The van der Waals surface area contributed by atoms with Gasteiger partial charge in [-0.15, -0.1) is 0 Å². The highest BCUT2D eigenvalue weighted by atomic mass is 35.5. The standard InChI is InChI=1S/C22H29ClN2O4S/c1-7-29-21-9-8-18(12-20(21)23)30(27,28)25-17(6)22(26)24-16(5)19-11-14(3)13(2)10-15(19)4/h8-12,16-17,25H,7H2,1-6H3,(H,24,26). The Hall–Kier alpha value is -2.09. The largest absolute Gasteiger partial charge is 0.492 e. The van der Waals surface area contributed by atoms with Crippen molar-refractivity contribution in [3.63, 3.8) is 0 Å². The smallest absolute Gasteiger partial charge is 0.241 e. The third kappa shape index (κ3) is 5.74. The summed E-state index contributed by atoms with van der Waals surface area (Å²) in [5.41, 5.74) is 4.39. The zero-order valence-corrected chi connectivity index (χ0v) is 19.7. The molecule has 0 aliphatic carbocycles. The Morgan fingerprint density at radius 3 is 2.30 bits per heavy atom. The number of aryl methyl sites for hydroxylation is 3. The Morgan fingerprint density at radius 2 is 1.70 bits per heavy atom. The molecule has 1 amide bonds. The van der Waals surface area contributed by atoms with Crippen molar-refractivity contribution in [1.82, 2.24) is 10.0 Å². The maximum atomic E-state index is 12.7. The molecule has 0 bridgehead atoms. The Kier molecular flexibility index (Phi) is 7.91. The monoisotopic (exact) mass is 452 g/mol. The van der Waals surface area contributed by atoms with E-state index >= 15 is 0 Å². The van der Waals surface area contributed by atoms with Crippen molar-refractivity contribution in [1.29, 1.82) is 0 Å². The summed E-state index contributed by atoms with van der Waals surface area (Å²) in [6.45, 7) is 11.7. The minimum atomic E-state index is -3.93. The molecule has 0 saturated heterocycles. The van der Waals surface area contributed by atoms with Crippen LogP contribution in [0.15, 0.2) is 35.2 Å². The van der Waals surface area contributed by atoms with E-state index in [-0.39, 0.29) is 16.0 Å². The first-order chi connectivity index (χ1) is 14.0. The average molecular weight is 453 g/mol. The number of nitrogens with one attached hydrogen (secondary N) is 2. The average Bonchev–Trinajstić information content (AvgIpc) is 2.65. The fraction of sp³-hybridized carbons (Fsp3) is 0.409. The fourth-order valence-electron chi connectivity index (χ4n) is 3.14. The van der Waals surface area contributed by atoms with Gasteiger partial charge >= 0.3 is 0 Å². The zero-order chi connectivity index (χ0) is 22.6. The zero-order valence-electron chi connectivity index (χ0n) is 18.2. The molecule has 0 aliphatic rings. The number of ether oxygens (including phenoxy) is 1. The van der Waals surface area contributed by atoms with E-state index < -0.39 is 22.0 Å². The molecule has 2 aromatic rings. The van der Waals surface area contributed by atoms with Crippen molar-refractivity contribution in [2.75, 3.05) is 6.61 Å². The summed E-state index contributed by atoms with van der Waals surface area (Å²) < 4.78 is 33.1. The SMILES string of the molecule is CCOc1ccc(S(=O)(=O)NC(C)C(=O)NC(C)c2cc(C)c(C)cc2C)cc1Cl. The number of benzene rings is 2. The molecule has 0 spiro atoms. The van der Waals surface area contributed by atoms with Crippen molar-refractivity contribution >= 4 is 27.5 Å². The maximum absolute atomic E-state index is 12.7. The molecule has 0 saturated carbocycles. The second-order valence-corrected chi connectivity index (χ2v) is 9.51. The molecule has 0 fully saturated rings. The van der Waals surface area contributed by atoms with Crippen LogP contribution >= 0.6 is 11.6 Å². The summed E-state index contributed by atoms with van der Waals surface area (Å²) in [5, 5.41) is 3.07. The molecule has 6 nitrogen and oxygen atoms in total. The van der Waals surface area contributed by atoms with E-state index in [0.717, 1.165) is 16.7 Å². The van der Waals surface area contributed by atoms with Gasteiger partial charge in [0.1, 0.15) is 5.75 Å². The van der Waals surface area contributed by atoms with Gasteiger partial charge in [-0.2, -0.15) is 4.72 Å². The molecule has 164 valence electrons. The minimum Gasteiger partial charge on any atom is -0.492 e. The fourth-order valence-corrected chi connectivity index (χ4v) is 4.67. The van der Waals surface area contributed by atoms with Crippen LogP contribution < -0.4 is 14.8 Å². The third-order valence-electron chi connectivity index (χ3n) is 4.95. The van der Waals surface area contributed by atoms with Crippen molar-refractivity contribution in [2.24, 2.45) is 0 Å². The molecular weight excluding hydrogens is 424 g/mol. The first-order valence-electron chi connectivity index (χ1n) is 9.79. The second kappa shape index (κ2) is 9.81. The van der Waals surface area contributed by atoms with Crippen LogP contribution in [0.1, 0.15) is 49.1 Å². The highest BCUT2D eigenvalue weighted by molar-refractivity contribution is 7.89. The number of halogens is 1. The van der Waals surface area contributed by atoms with Crippen LogP contribution in [0.25, 0.3) is 0 Å². The van der Waals surface area contributed by atoms with Crippen molar-refractivity contribution in [3.8, 4) is 5.75 Å². The summed E-state index contributed by atoms with van der Waals surface area (Å²) in [5.74, 6) is -0.0118. The normalized spacial score (nSPS) is 13.6. The van der Waals surface area contributed by atoms with Crippen LogP contribution in [0.3, 0.4) is 0 Å². The molecular formula is C22H29ClN2O4S. The third-order valence-corrected chi connectivity index (χ3v) is 6.78. The molecule has 0 aromatic heterocycles. The Morgan fingerprint density at radius 1 is 1.07 bits per heavy atom. The molecule has 8 heteroatoms. The van der Waals surface area contributed by atoms with Crippen LogP contribution in [0.4, 0.5) is 0 Å². The number of hydrogen-bond donors (Lipinski definition) is 2. The number of carbonyl (C=O) groups is 1. The Balaban J connectivity index is 2.11. The van der Waals surface area contributed by atoms with Gasteiger partial charge in [0.25, 0.3) is 0 Å². The molecule has 0 heterocycles. The predicted octanol–water partition coefficient (Wildman–Crippen LogP) is 4.21. The van der Waals surface area contributed by atoms with Crippen LogP contribution in [0.5, 0.6) is 5.75 Å². The lowest BCUT2D eigenvalue weighted by atomic mass is 9.96. The number of sulfonamides is 1. The van der Waals surface area contributed by atoms with E-state index in [1.54, 1.807) is 0 Å². The number of carbonyl (C=O) groups excluding carboxylic acids is 1. The summed E-state index contributed by atoms with van der Waals surface area (Å²) >= 11 is 6.09. The van der Waals surface area contributed by atoms with Crippen LogP contribution in [-0.4, -0.2) is 27.0 Å². The molecule has 2 N–H and O–H groups in total. The number of amides is 1. The van der Waals surface area contributed by atoms with Crippen molar-refractivity contribution < 1.29 is 17.9 Å². The molecule has 2 rings (SSSR count). The van der Waals surface area contributed by atoms with Gasteiger partial charge in [-0.1, -0.05) is 23.7 Å². The van der Waals surface area contributed by atoms with E-state index in [0.29, 0.717) is 12.4 Å². The van der Waals surface area contributed by atoms with E-state index in [1.165, 1.54) is 30.7 Å². The lowest BCUT2D eigenvalue weighted by Gasteiger charge is -2.21. The molecule has 0 radical (unpaired) electrons. The first-order valence-corrected chi connectivity index (χ1v) is 11.6. The van der Waals surface area contributed by atoms with Gasteiger partial charge in [0, 0.05) is 0 Å². The van der Waals surface area contributed by atoms with Crippen molar-refractivity contribution in [2.45, 2.75) is 58.5 Å².